The summed E-state index contributed by atoms with van der Waals surface area (Å²) in [6.45, 7) is 0. The maximum absolute atomic E-state index is 11.3. The van der Waals surface area contributed by atoms with Gasteiger partial charge < -0.3 is 14.0 Å². The van der Waals surface area contributed by atoms with Crippen LogP contribution in [0.1, 0.15) is 12.0 Å². The number of oxime groups is 1. The third-order valence-corrected chi connectivity index (χ3v) is 2.89. The van der Waals surface area contributed by atoms with Crippen molar-refractivity contribution in [2.45, 2.75) is 12.5 Å². The number of rotatable bonds is 2. The van der Waals surface area contributed by atoms with Crippen molar-refractivity contribution in [2.24, 2.45) is 5.16 Å². The summed E-state index contributed by atoms with van der Waals surface area (Å²) >= 11 is 0. The number of aromatic amines is 1. The Kier molecular flexibility index (Phi) is 2.59. The SMILES string of the molecule is COC(=O)C1CC(c2ccc3[nH]c(=O)oc3c2)=NO1. The summed E-state index contributed by atoms with van der Waals surface area (Å²) in [6.07, 6.45) is -0.388. The van der Waals surface area contributed by atoms with Gasteiger partial charge in [0.15, 0.2) is 5.58 Å². The second kappa shape index (κ2) is 4.27. The molecule has 1 aliphatic heterocycles. The summed E-state index contributed by atoms with van der Waals surface area (Å²) in [5.41, 5.74) is 2.40. The zero-order valence-electron chi connectivity index (χ0n) is 10.0. The van der Waals surface area contributed by atoms with Gasteiger partial charge in [0, 0.05) is 12.0 Å². The summed E-state index contributed by atoms with van der Waals surface area (Å²) in [5, 5.41) is 3.86. The first-order chi connectivity index (χ1) is 9.17. The molecule has 0 bridgehead atoms. The molecule has 19 heavy (non-hydrogen) atoms. The molecule has 7 heteroatoms. The number of esters is 1. The Labute approximate surface area is 106 Å². The number of methoxy groups -OCH3 is 1. The maximum Gasteiger partial charge on any atom is 0.417 e. The number of aromatic nitrogens is 1. The van der Waals surface area contributed by atoms with Gasteiger partial charge >= 0.3 is 11.7 Å². The average Bonchev–Trinajstić information content (AvgIpc) is 3.01. The number of nitrogens with one attached hydrogen (secondary N) is 1. The third kappa shape index (κ3) is 1.99. The molecular weight excluding hydrogens is 252 g/mol. The van der Waals surface area contributed by atoms with Crippen molar-refractivity contribution in [3.05, 3.63) is 34.3 Å². The van der Waals surface area contributed by atoms with Crippen molar-refractivity contribution < 1.29 is 18.8 Å². The fraction of sp³-hybridized carbons (Fsp3) is 0.250. The van der Waals surface area contributed by atoms with Gasteiger partial charge in [-0.05, 0) is 12.1 Å². The van der Waals surface area contributed by atoms with Crippen LogP contribution >= 0.6 is 0 Å². The molecule has 1 aromatic carbocycles. The monoisotopic (exact) mass is 262 g/mol. The molecule has 0 radical (unpaired) electrons. The van der Waals surface area contributed by atoms with Crippen LogP contribution in [0.15, 0.2) is 32.6 Å². The number of nitrogens with zero attached hydrogens (tertiary/aromatic N) is 1. The fourth-order valence-corrected chi connectivity index (χ4v) is 1.93. The molecule has 2 heterocycles. The van der Waals surface area contributed by atoms with Crippen molar-refractivity contribution in [1.82, 2.24) is 4.98 Å². The van der Waals surface area contributed by atoms with Crippen molar-refractivity contribution in [3.63, 3.8) is 0 Å². The molecule has 2 aromatic rings. The standard InChI is InChI=1S/C12H10N2O5/c1-17-11(15)10-5-8(14-19-10)6-2-3-7-9(4-6)18-12(16)13-7/h2-4,10H,5H2,1H3,(H,13,16). The minimum absolute atomic E-state index is 0.326. The van der Waals surface area contributed by atoms with Crippen LogP contribution < -0.4 is 5.76 Å². The number of fused-ring (bicyclic) bond motifs is 1. The van der Waals surface area contributed by atoms with Crippen molar-refractivity contribution in [2.75, 3.05) is 7.11 Å². The predicted octanol–water partition coefficient (Wildman–Crippen LogP) is 0.787. The lowest BCUT2D eigenvalue weighted by Crippen LogP contribution is -2.22. The minimum atomic E-state index is -0.714. The number of H-pyrrole nitrogens is 1. The first-order valence-electron chi connectivity index (χ1n) is 5.61. The van der Waals surface area contributed by atoms with Crippen molar-refractivity contribution in [1.29, 1.82) is 0 Å². The van der Waals surface area contributed by atoms with Crippen molar-refractivity contribution in [3.8, 4) is 0 Å². The fourth-order valence-electron chi connectivity index (χ4n) is 1.93. The van der Waals surface area contributed by atoms with Crippen LogP contribution in [-0.2, 0) is 14.4 Å². The number of hydrogen-bond acceptors (Lipinski definition) is 6. The van der Waals surface area contributed by atoms with E-state index >= 15 is 0 Å². The van der Waals surface area contributed by atoms with Crippen LogP contribution in [0.25, 0.3) is 11.1 Å². The number of carbonyl (C=O) groups excluding carboxylic acids is 1. The molecule has 0 saturated heterocycles. The summed E-state index contributed by atoms with van der Waals surface area (Å²) in [6, 6.07) is 5.16. The highest BCUT2D eigenvalue weighted by Gasteiger charge is 2.29. The second-order valence-corrected chi connectivity index (χ2v) is 4.08. The Morgan fingerprint density at radius 3 is 3.16 bits per heavy atom. The zero-order chi connectivity index (χ0) is 13.4. The number of hydrogen-bond donors (Lipinski definition) is 1. The summed E-state index contributed by atoms with van der Waals surface area (Å²) in [4.78, 5) is 29.9. The summed E-state index contributed by atoms with van der Waals surface area (Å²) in [5.74, 6) is -0.975. The lowest BCUT2D eigenvalue weighted by atomic mass is 10.0. The van der Waals surface area contributed by atoms with Gasteiger partial charge in [0.25, 0.3) is 0 Å². The normalized spacial score (nSPS) is 18.2. The van der Waals surface area contributed by atoms with E-state index in [0.29, 0.717) is 23.2 Å². The maximum atomic E-state index is 11.3. The predicted molar refractivity (Wildman–Crippen MR) is 64.9 cm³/mol. The molecule has 3 rings (SSSR count). The Morgan fingerprint density at radius 2 is 2.37 bits per heavy atom. The van der Waals surface area contributed by atoms with Crippen molar-refractivity contribution >= 4 is 22.8 Å². The van der Waals surface area contributed by atoms with Gasteiger partial charge in [0.05, 0.1) is 18.3 Å². The quantitative estimate of drug-likeness (QED) is 0.807. The largest absolute Gasteiger partial charge is 0.466 e. The van der Waals surface area contributed by atoms with Crippen LogP contribution in [0.4, 0.5) is 0 Å². The van der Waals surface area contributed by atoms with E-state index in [1.165, 1.54) is 7.11 Å². The van der Waals surface area contributed by atoms with Gasteiger partial charge in [-0.3, -0.25) is 4.98 Å². The van der Waals surface area contributed by atoms with Crippen LogP contribution in [0, 0.1) is 0 Å². The zero-order valence-corrected chi connectivity index (χ0v) is 10.0. The molecule has 1 N–H and O–H groups in total. The van der Waals surface area contributed by atoms with E-state index in [0.717, 1.165) is 5.56 Å². The average molecular weight is 262 g/mol. The second-order valence-electron chi connectivity index (χ2n) is 4.08. The molecule has 0 spiro atoms. The van der Waals surface area contributed by atoms with Gasteiger partial charge in [-0.1, -0.05) is 11.2 Å². The molecule has 98 valence electrons. The number of oxazole rings is 1. The van der Waals surface area contributed by atoms with E-state index in [4.69, 9.17) is 9.25 Å². The van der Waals surface area contributed by atoms with E-state index in [9.17, 15) is 9.59 Å². The Bertz CT molecular complexity index is 727. The molecule has 1 aliphatic rings. The highest BCUT2D eigenvalue weighted by molar-refractivity contribution is 6.05. The third-order valence-electron chi connectivity index (χ3n) is 2.89. The molecule has 1 aromatic heterocycles. The molecule has 0 fully saturated rings. The first-order valence-corrected chi connectivity index (χ1v) is 5.61. The minimum Gasteiger partial charge on any atom is -0.466 e. The highest BCUT2D eigenvalue weighted by Crippen LogP contribution is 2.20. The lowest BCUT2D eigenvalue weighted by Gasteiger charge is -2.04. The molecule has 0 saturated carbocycles. The van der Waals surface area contributed by atoms with Gasteiger partial charge in [-0.15, -0.1) is 0 Å². The van der Waals surface area contributed by atoms with Crippen LogP contribution in [0.5, 0.6) is 0 Å². The van der Waals surface area contributed by atoms with E-state index in [1.54, 1.807) is 18.2 Å². The summed E-state index contributed by atoms with van der Waals surface area (Å²) in [7, 11) is 1.30. The highest BCUT2D eigenvalue weighted by atomic mass is 16.7. The molecule has 1 atom stereocenters. The number of benzene rings is 1. The topological polar surface area (TPSA) is 93.9 Å². The molecule has 1 unspecified atom stereocenters. The van der Waals surface area contributed by atoms with Gasteiger partial charge in [-0.2, -0.15) is 0 Å². The van der Waals surface area contributed by atoms with Gasteiger partial charge in [0.1, 0.15) is 0 Å². The Morgan fingerprint density at radius 1 is 1.53 bits per heavy atom. The number of ether oxygens (including phenoxy) is 1. The van der Waals surface area contributed by atoms with Gasteiger partial charge in [0.2, 0.25) is 6.10 Å². The van der Waals surface area contributed by atoms with Crippen LogP contribution in [0.2, 0.25) is 0 Å². The Balaban J connectivity index is 1.89. The van der Waals surface area contributed by atoms with Crippen LogP contribution in [0.3, 0.4) is 0 Å². The lowest BCUT2D eigenvalue weighted by molar-refractivity contribution is -0.152. The summed E-state index contributed by atoms with van der Waals surface area (Å²) < 4.78 is 9.55. The number of carbonyl (C=O) groups is 1. The van der Waals surface area contributed by atoms with Crippen LogP contribution in [-0.4, -0.2) is 29.9 Å². The van der Waals surface area contributed by atoms with E-state index in [-0.39, 0.29) is 0 Å². The molecule has 7 nitrogen and oxygen atoms in total. The van der Waals surface area contributed by atoms with E-state index in [1.807, 2.05) is 0 Å². The first kappa shape index (κ1) is 11.5. The molecule has 0 aliphatic carbocycles. The Hall–Kier alpha value is -2.57. The van der Waals surface area contributed by atoms with E-state index in [2.05, 4.69) is 14.9 Å². The van der Waals surface area contributed by atoms with Gasteiger partial charge in [-0.25, -0.2) is 9.59 Å². The smallest absolute Gasteiger partial charge is 0.417 e. The van der Waals surface area contributed by atoms with E-state index < -0.39 is 17.8 Å². The molecular formula is C12H10N2O5. The molecule has 0 amide bonds.